The number of amides is 1. The average molecular weight is 295 g/mol. The highest BCUT2D eigenvalue weighted by Crippen LogP contribution is 2.25. The zero-order chi connectivity index (χ0) is 15.6. The van der Waals surface area contributed by atoms with E-state index in [1.807, 2.05) is 32.6 Å². The lowest BCUT2D eigenvalue weighted by molar-refractivity contribution is 0.0155. The molecule has 2 aliphatic heterocycles. The summed E-state index contributed by atoms with van der Waals surface area (Å²) in [7, 11) is 0. The van der Waals surface area contributed by atoms with E-state index in [1.54, 1.807) is 0 Å². The molecule has 2 aliphatic rings. The standard InChI is InChI=1S/C16H29N3O2/c1-12(17)13-5-8-19(11-13)14-6-9-18(10-7-14)15(20)21-16(2,3)4/h13-14,17H,5-11H2,1-4H3. The molecule has 1 amide bonds. The maximum absolute atomic E-state index is 12.0. The van der Waals surface area contributed by atoms with Crippen LogP contribution in [0.3, 0.4) is 0 Å². The predicted molar refractivity (Wildman–Crippen MR) is 83.9 cm³/mol. The van der Waals surface area contributed by atoms with Crippen LogP contribution in [0.5, 0.6) is 0 Å². The highest BCUT2D eigenvalue weighted by molar-refractivity contribution is 5.81. The Hall–Kier alpha value is -1.10. The van der Waals surface area contributed by atoms with Gasteiger partial charge in [0.2, 0.25) is 0 Å². The summed E-state index contributed by atoms with van der Waals surface area (Å²) in [6.07, 6.45) is 2.96. The van der Waals surface area contributed by atoms with Crippen molar-refractivity contribution in [3.63, 3.8) is 0 Å². The van der Waals surface area contributed by atoms with E-state index >= 15 is 0 Å². The van der Waals surface area contributed by atoms with Crippen LogP contribution in [-0.4, -0.2) is 59.4 Å². The number of ether oxygens (including phenoxy) is 1. The molecule has 2 rings (SSSR count). The van der Waals surface area contributed by atoms with E-state index in [0.717, 1.165) is 51.2 Å². The van der Waals surface area contributed by atoms with E-state index < -0.39 is 5.60 Å². The van der Waals surface area contributed by atoms with Crippen molar-refractivity contribution in [3.05, 3.63) is 0 Å². The second-order valence-corrected chi connectivity index (χ2v) is 7.36. The van der Waals surface area contributed by atoms with Gasteiger partial charge in [-0.2, -0.15) is 0 Å². The number of carbonyl (C=O) groups excluding carboxylic acids is 1. The summed E-state index contributed by atoms with van der Waals surface area (Å²) in [5.41, 5.74) is 0.390. The summed E-state index contributed by atoms with van der Waals surface area (Å²) in [5, 5.41) is 7.77. The summed E-state index contributed by atoms with van der Waals surface area (Å²) >= 11 is 0. The first-order chi connectivity index (χ1) is 9.76. The summed E-state index contributed by atoms with van der Waals surface area (Å²) in [4.78, 5) is 16.4. The van der Waals surface area contributed by atoms with E-state index in [4.69, 9.17) is 10.1 Å². The van der Waals surface area contributed by atoms with Gasteiger partial charge in [0, 0.05) is 37.3 Å². The van der Waals surface area contributed by atoms with E-state index in [-0.39, 0.29) is 6.09 Å². The Bertz CT molecular complexity index is 395. The minimum Gasteiger partial charge on any atom is -0.444 e. The minimum atomic E-state index is -0.419. The molecule has 120 valence electrons. The third kappa shape index (κ3) is 4.43. The number of hydrogen-bond acceptors (Lipinski definition) is 4. The highest BCUT2D eigenvalue weighted by Gasteiger charge is 2.33. The molecular weight excluding hydrogens is 266 g/mol. The quantitative estimate of drug-likeness (QED) is 0.797. The number of likely N-dealkylation sites (tertiary alicyclic amines) is 2. The monoisotopic (exact) mass is 295 g/mol. The summed E-state index contributed by atoms with van der Waals surface area (Å²) in [6, 6.07) is 0.563. The molecule has 2 saturated heterocycles. The van der Waals surface area contributed by atoms with Gasteiger partial charge in [0.05, 0.1) is 0 Å². The summed E-state index contributed by atoms with van der Waals surface area (Å²) in [5.74, 6) is 0.439. The second kappa shape index (κ2) is 6.34. The molecule has 5 heteroatoms. The lowest BCUT2D eigenvalue weighted by atomic mass is 10.0. The van der Waals surface area contributed by atoms with Crippen molar-refractivity contribution in [2.45, 2.75) is 58.6 Å². The molecule has 0 aromatic heterocycles. The van der Waals surface area contributed by atoms with Gasteiger partial charge in [0.25, 0.3) is 0 Å². The molecule has 1 N–H and O–H groups in total. The largest absolute Gasteiger partial charge is 0.444 e. The molecule has 0 saturated carbocycles. The SMILES string of the molecule is CC(=N)C1CCN(C2CCN(C(=O)OC(C)(C)C)CC2)C1. The summed E-state index contributed by atoms with van der Waals surface area (Å²) < 4.78 is 5.43. The van der Waals surface area contributed by atoms with Gasteiger partial charge < -0.3 is 15.0 Å². The van der Waals surface area contributed by atoms with Gasteiger partial charge in [-0.1, -0.05) is 0 Å². The molecule has 0 spiro atoms. The number of nitrogens with one attached hydrogen (secondary N) is 1. The maximum Gasteiger partial charge on any atom is 0.410 e. The Kier molecular flexibility index (Phi) is 4.91. The number of piperidine rings is 1. The fourth-order valence-corrected chi connectivity index (χ4v) is 3.21. The zero-order valence-corrected chi connectivity index (χ0v) is 13.8. The van der Waals surface area contributed by atoms with Gasteiger partial charge in [-0.15, -0.1) is 0 Å². The van der Waals surface area contributed by atoms with Gasteiger partial charge in [-0.05, 0) is 53.5 Å². The van der Waals surface area contributed by atoms with Crippen LogP contribution in [0.4, 0.5) is 4.79 Å². The van der Waals surface area contributed by atoms with E-state index in [2.05, 4.69) is 4.90 Å². The molecule has 0 bridgehead atoms. The first-order valence-corrected chi connectivity index (χ1v) is 8.03. The molecule has 0 aromatic rings. The second-order valence-electron chi connectivity index (χ2n) is 7.36. The van der Waals surface area contributed by atoms with E-state index in [1.165, 1.54) is 0 Å². The van der Waals surface area contributed by atoms with Crippen molar-refractivity contribution < 1.29 is 9.53 Å². The molecule has 1 unspecified atom stereocenters. The van der Waals surface area contributed by atoms with Gasteiger partial charge in [-0.3, -0.25) is 4.90 Å². The number of rotatable bonds is 2. The van der Waals surface area contributed by atoms with Crippen LogP contribution in [0.1, 0.15) is 47.0 Å². The van der Waals surface area contributed by atoms with Gasteiger partial charge in [0.1, 0.15) is 5.60 Å². The maximum atomic E-state index is 12.0. The van der Waals surface area contributed by atoms with Crippen LogP contribution in [0.15, 0.2) is 0 Å². The molecule has 2 heterocycles. The van der Waals surface area contributed by atoms with E-state index in [0.29, 0.717) is 12.0 Å². The van der Waals surface area contributed by atoms with Crippen molar-refractivity contribution in [3.8, 4) is 0 Å². The molecule has 0 aliphatic carbocycles. The number of hydrogen-bond donors (Lipinski definition) is 1. The predicted octanol–water partition coefficient (Wildman–Crippen LogP) is 2.75. The summed E-state index contributed by atoms with van der Waals surface area (Å²) in [6.45, 7) is 11.3. The van der Waals surface area contributed by atoms with Crippen LogP contribution < -0.4 is 0 Å². The lowest BCUT2D eigenvalue weighted by Crippen LogP contribution is -2.47. The van der Waals surface area contributed by atoms with Crippen molar-refractivity contribution in [2.75, 3.05) is 26.2 Å². The average Bonchev–Trinajstić information content (AvgIpc) is 2.86. The zero-order valence-electron chi connectivity index (χ0n) is 13.8. The van der Waals surface area contributed by atoms with Gasteiger partial charge in [0.15, 0.2) is 0 Å². The van der Waals surface area contributed by atoms with E-state index in [9.17, 15) is 4.79 Å². The molecule has 5 nitrogen and oxygen atoms in total. The number of carbonyl (C=O) groups is 1. The fraction of sp³-hybridized carbons (Fsp3) is 0.875. The smallest absolute Gasteiger partial charge is 0.410 e. The Morgan fingerprint density at radius 2 is 1.76 bits per heavy atom. The van der Waals surface area contributed by atoms with Crippen molar-refractivity contribution in [1.29, 1.82) is 5.41 Å². The Morgan fingerprint density at radius 1 is 1.14 bits per heavy atom. The molecule has 21 heavy (non-hydrogen) atoms. The first-order valence-electron chi connectivity index (χ1n) is 8.03. The van der Waals surface area contributed by atoms with Crippen molar-refractivity contribution >= 4 is 11.8 Å². The third-order valence-corrected chi connectivity index (χ3v) is 4.46. The number of nitrogens with zero attached hydrogens (tertiary/aromatic N) is 2. The fourth-order valence-electron chi connectivity index (χ4n) is 3.21. The first kappa shape index (κ1) is 16.3. The molecular formula is C16H29N3O2. The molecule has 2 fully saturated rings. The lowest BCUT2D eigenvalue weighted by Gasteiger charge is -2.37. The van der Waals surface area contributed by atoms with Crippen LogP contribution in [0, 0.1) is 11.3 Å². The molecule has 0 radical (unpaired) electrons. The minimum absolute atomic E-state index is 0.185. The van der Waals surface area contributed by atoms with Crippen LogP contribution >= 0.6 is 0 Å². The topological polar surface area (TPSA) is 56.6 Å². The molecule has 1 atom stereocenters. The van der Waals surface area contributed by atoms with Crippen LogP contribution in [0.25, 0.3) is 0 Å². The highest BCUT2D eigenvalue weighted by atomic mass is 16.6. The van der Waals surface area contributed by atoms with Crippen molar-refractivity contribution in [2.24, 2.45) is 5.92 Å². The van der Waals surface area contributed by atoms with Gasteiger partial charge in [-0.25, -0.2) is 4.79 Å². The Labute approximate surface area is 128 Å². The van der Waals surface area contributed by atoms with Gasteiger partial charge >= 0.3 is 6.09 Å². The Morgan fingerprint density at radius 3 is 2.24 bits per heavy atom. The van der Waals surface area contributed by atoms with Crippen LogP contribution in [-0.2, 0) is 4.74 Å². The normalized spacial score (nSPS) is 25.1. The molecule has 0 aromatic carbocycles. The van der Waals surface area contributed by atoms with Crippen molar-refractivity contribution in [1.82, 2.24) is 9.80 Å². The Balaban J connectivity index is 1.79. The van der Waals surface area contributed by atoms with Crippen LogP contribution in [0.2, 0.25) is 0 Å². The third-order valence-electron chi connectivity index (χ3n) is 4.46.